The molecule has 0 aliphatic heterocycles. The average Bonchev–Trinajstić information content (AvgIpc) is 2.45. The Kier molecular flexibility index (Phi) is 5.04. The summed E-state index contributed by atoms with van der Waals surface area (Å²) in [4.78, 5) is 11.6. The van der Waals surface area contributed by atoms with Crippen LogP contribution >= 0.6 is 0 Å². The second kappa shape index (κ2) is 7.19. The smallest absolute Gasteiger partial charge is 0.309 e. The van der Waals surface area contributed by atoms with E-state index in [4.69, 9.17) is 15.2 Å². The molecule has 0 fully saturated rings. The van der Waals surface area contributed by atoms with E-state index in [1.807, 2.05) is 0 Å². The molecule has 2 aromatic carbocycles. The molecular formula is C16H17NO4. The maximum absolute atomic E-state index is 11.6. The first-order valence-electron chi connectivity index (χ1n) is 6.55. The number of esters is 1. The molecule has 0 heterocycles. The molecular weight excluding hydrogens is 270 g/mol. The summed E-state index contributed by atoms with van der Waals surface area (Å²) in [6, 6.07) is 13.6. The van der Waals surface area contributed by atoms with Crippen molar-refractivity contribution < 1.29 is 19.4 Å². The van der Waals surface area contributed by atoms with E-state index in [1.54, 1.807) is 48.5 Å². The van der Waals surface area contributed by atoms with Crippen LogP contribution in [-0.2, 0) is 16.1 Å². The van der Waals surface area contributed by atoms with Gasteiger partial charge in [-0.15, -0.1) is 0 Å². The molecule has 0 amide bonds. The molecule has 0 saturated heterocycles. The van der Waals surface area contributed by atoms with Gasteiger partial charge in [0.25, 0.3) is 0 Å². The summed E-state index contributed by atoms with van der Waals surface area (Å²) in [7, 11) is 0. The molecule has 0 aliphatic rings. The van der Waals surface area contributed by atoms with Crippen LogP contribution in [0.4, 0.5) is 5.69 Å². The Morgan fingerprint density at radius 1 is 1.14 bits per heavy atom. The van der Waals surface area contributed by atoms with Gasteiger partial charge in [-0.2, -0.15) is 0 Å². The Balaban J connectivity index is 1.70. The number of phenols is 1. The van der Waals surface area contributed by atoms with Gasteiger partial charge in [0.2, 0.25) is 0 Å². The van der Waals surface area contributed by atoms with Gasteiger partial charge >= 0.3 is 5.97 Å². The Morgan fingerprint density at radius 3 is 2.71 bits per heavy atom. The van der Waals surface area contributed by atoms with Crippen molar-refractivity contribution in [3.63, 3.8) is 0 Å². The summed E-state index contributed by atoms with van der Waals surface area (Å²) in [6.07, 6.45) is 0.146. The number of carbonyl (C=O) groups is 1. The zero-order chi connectivity index (χ0) is 15.1. The van der Waals surface area contributed by atoms with E-state index in [0.717, 1.165) is 5.56 Å². The third-order valence-electron chi connectivity index (χ3n) is 2.74. The molecule has 0 saturated carbocycles. The molecule has 0 unspecified atom stereocenters. The van der Waals surface area contributed by atoms with Crippen LogP contribution < -0.4 is 10.5 Å². The lowest BCUT2D eigenvalue weighted by molar-refractivity contribution is -0.145. The summed E-state index contributed by atoms with van der Waals surface area (Å²) < 4.78 is 10.5. The molecule has 0 aliphatic carbocycles. The number of carbonyl (C=O) groups excluding carboxylic acids is 1. The fraction of sp³-hybridized carbons (Fsp3) is 0.188. The molecule has 5 heteroatoms. The number of hydrogen-bond donors (Lipinski definition) is 2. The highest BCUT2D eigenvalue weighted by Gasteiger charge is 2.05. The molecule has 0 spiro atoms. The lowest BCUT2D eigenvalue weighted by Gasteiger charge is -2.07. The van der Waals surface area contributed by atoms with Crippen LogP contribution in [0.1, 0.15) is 12.0 Å². The molecule has 5 nitrogen and oxygen atoms in total. The summed E-state index contributed by atoms with van der Waals surface area (Å²) in [5.41, 5.74) is 6.97. The van der Waals surface area contributed by atoms with Gasteiger partial charge in [0.1, 0.15) is 18.1 Å². The predicted octanol–water partition coefficient (Wildman–Crippen LogP) is 2.49. The topological polar surface area (TPSA) is 81.8 Å². The number of nitrogens with two attached hydrogens (primary N) is 1. The van der Waals surface area contributed by atoms with Gasteiger partial charge in [-0.3, -0.25) is 4.79 Å². The van der Waals surface area contributed by atoms with E-state index in [2.05, 4.69) is 0 Å². The predicted molar refractivity (Wildman–Crippen MR) is 78.9 cm³/mol. The number of ether oxygens (including phenoxy) is 2. The molecule has 3 N–H and O–H groups in total. The van der Waals surface area contributed by atoms with E-state index in [1.165, 1.54) is 0 Å². The fourth-order valence-electron chi connectivity index (χ4n) is 1.74. The highest BCUT2D eigenvalue weighted by atomic mass is 16.5. The third-order valence-corrected chi connectivity index (χ3v) is 2.74. The summed E-state index contributed by atoms with van der Waals surface area (Å²) in [5, 5.41) is 9.30. The molecule has 110 valence electrons. The zero-order valence-electron chi connectivity index (χ0n) is 11.5. The van der Waals surface area contributed by atoms with Crippen molar-refractivity contribution in [3.05, 3.63) is 54.1 Å². The molecule has 0 aromatic heterocycles. The van der Waals surface area contributed by atoms with Gasteiger partial charge in [0.05, 0.1) is 13.0 Å². The number of hydrogen-bond acceptors (Lipinski definition) is 5. The number of phenolic OH excluding ortho intramolecular Hbond substituents is 1. The van der Waals surface area contributed by atoms with Crippen LogP contribution in [0.3, 0.4) is 0 Å². The zero-order valence-corrected chi connectivity index (χ0v) is 11.5. The van der Waals surface area contributed by atoms with E-state index in [9.17, 15) is 9.90 Å². The number of rotatable bonds is 6. The SMILES string of the molecule is Nc1cccc(OCCC(=O)OCc2cccc(O)c2)c1. The molecule has 2 aromatic rings. The van der Waals surface area contributed by atoms with Crippen LogP contribution in [0.5, 0.6) is 11.5 Å². The van der Waals surface area contributed by atoms with Crippen LogP contribution in [-0.4, -0.2) is 17.7 Å². The van der Waals surface area contributed by atoms with Crippen LogP contribution in [0.25, 0.3) is 0 Å². The maximum Gasteiger partial charge on any atom is 0.309 e. The van der Waals surface area contributed by atoms with E-state index >= 15 is 0 Å². The first-order chi connectivity index (χ1) is 10.1. The second-order valence-corrected chi connectivity index (χ2v) is 4.50. The van der Waals surface area contributed by atoms with Crippen LogP contribution in [0, 0.1) is 0 Å². The van der Waals surface area contributed by atoms with Gasteiger partial charge in [-0.05, 0) is 29.8 Å². The first-order valence-corrected chi connectivity index (χ1v) is 6.55. The number of nitrogen functional groups attached to an aromatic ring is 1. The third kappa shape index (κ3) is 5.06. The molecule has 21 heavy (non-hydrogen) atoms. The summed E-state index contributed by atoms with van der Waals surface area (Å²) in [5.74, 6) is 0.409. The Labute approximate surface area is 122 Å². The monoisotopic (exact) mass is 287 g/mol. The van der Waals surface area contributed by atoms with E-state index < -0.39 is 0 Å². The quantitative estimate of drug-likeness (QED) is 0.630. The minimum Gasteiger partial charge on any atom is -0.508 e. The van der Waals surface area contributed by atoms with Crippen molar-refractivity contribution in [2.24, 2.45) is 0 Å². The summed E-state index contributed by atoms with van der Waals surface area (Å²) in [6.45, 7) is 0.355. The standard InChI is InChI=1S/C16H17NO4/c17-13-4-2-6-15(10-13)20-8-7-16(19)21-11-12-3-1-5-14(18)9-12/h1-6,9-10,18H,7-8,11,17H2. The average molecular weight is 287 g/mol. The molecule has 0 radical (unpaired) electrons. The van der Waals surface area contributed by atoms with Gasteiger partial charge in [-0.25, -0.2) is 0 Å². The Bertz CT molecular complexity index is 613. The van der Waals surface area contributed by atoms with Crippen molar-refractivity contribution in [2.45, 2.75) is 13.0 Å². The molecule has 0 bridgehead atoms. The minimum atomic E-state index is -0.359. The minimum absolute atomic E-state index is 0.130. The highest BCUT2D eigenvalue weighted by Crippen LogP contribution is 2.15. The summed E-state index contributed by atoms with van der Waals surface area (Å²) >= 11 is 0. The fourth-order valence-corrected chi connectivity index (χ4v) is 1.74. The maximum atomic E-state index is 11.6. The largest absolute Gasteiger partial charge is 0.508 e. The van der Waals surface area contributed by atoms with Gasteiger partial charge in [0.15, 0.2) is 0 Å². The van der Waals surface area contributed by atoms with Crippen molar-refractivity contribution in [3.8, 4) is 11.5 Å². The lowest BCUT2D eigenvalue weighted by atomic mass is 10.2. The van der Waals surface area contributed by atoms with Crippen LogP contribution in [0.15, 0.2) is 48.5 Å². The second-order valence-electron chi connectivity index (χ2n) is 4.50. The first kappa shape index (κ1) is 14.7. The Morgan fingerprint density at radius 2 is 1.95 bits per heavy atom. The van der Waals surface area contributed by atoms with Crippen LogP contribution in [0.2, 0.25) is 0 Å². The lowest BCUT2D eigenvalue weighted by Crippen LogP contribution is -2.10. The van der Waals surface area contributed by atoms with Gasteiger partial charge in [0, 0.05) is 11.8 Å². The Hall–Kier alpha value is -2.69. The van der Waals surface area contributed by atoms with E-state index in [0.29, 0.717) is 11.4 Å². The van der Waals surface area contributed by atoms with Crippen molar-refractivity contribution in [1.82, 2.24) is 0 Å². The van der Waals surface area contributed by atoms with Gasteiger partial charge in [-0.1, -0.05) is 18.2 Å². The molecule has 0 atom stereocenters. The molecule has 2 rings (SSSR count). The number of aromatic hydroxyl groups is 1. The van der Waals surface area contributed by atoms with Gasteiger partial charge < -0.3 is 20.3 Å². The number of benzene rings is 2. The van der Waals surface area contributed by atoms with Crippen molar-refractivity contribution in [1.29, 1.82) is 0 Å². The van der Waals surface area contributed by atoms with Crippen molar-refractivity contribution >= 4 is 11.7 Å². The normalized spacial score (nSPS) is 10.1. The highest BCUT2D eigenvalue weighted by molar-refractivity contribution is 5.69. The van der Waals surface area contributed by atoms with E-state index in [-0.39, 0.29) is 31.4 Å². The number of anilines is 1. The van der Waals surface area contributed by atoms with Crippen molar-refractivity contribution in [2.75, 3.05) is 12.3 Å².